The SMILES string of the molecule is CC[n+]1c(C)[se]c2ccc(Cl)cc21. The van der Waals surface area contributed by atoms with Gasteiger partial charge < -0.3 is 0 Å². The Balaban J connectivity index is 2.80. The Hall–Kier alpha value is -0.301. The van der Waals surface area contributed by atoms with Gasteiger partial charge in [0.25, 0.3) is 0 Å². The molecule has 0 radical (unpaired) electrons. The number of aryl methyl sites for hydroxylation is 2. The van der Waals surface area contributed by atoms with E-state index >= 15 is 0 Å². The molecule has 68 valence electrons. The van der Waals surface area contributed by atoms with Crippen molar-refractivity contribution in [2.24, 2.45) is 0 Å². The van der Waals surface area contributed by atoms with Crippen molar-refractivity contribution in [3.8, 4) is 0 Å². The van der Waals surface area contributed by atoms with E-state index in [2.05, 4.69) is 30.5 Å². The van der Waals surface area contributed by atoms with Gasteiger partial charge in [-0.2, -0.15) is 0 Å². The summed E-state index contributed by atoms with van der Waals surface area (Å²) in [4.78, 5) is 0. The Morgan fingerprint density at radius 2 is 2.23 bits per heavy atom. The number of benzene rings is 1. The van der Waals surface area contributed by atoms with Gasteiger partial charge in [0.1, 0.15) is 0 Å². The standard InChI is InChI=1S/C10H11ClNSe/c1-3-12-7(2)13-10-5-4-8(11)6-9(10)12/h4-6H,3H2,1-2H3/q+1. The van der Waals surface area contributed by atoms with Crippen molar-refractivity contribution in [3.63, 3.8) is 0 Å². The van der Waals surface area contributed by atoms with Crippen LogP contribution in [0.2, 0.25) is 5.02 Å². The van der Waals surface area contributed by atoms with Gasteiger partial charge in [-0.05, 0) is 0 Å². The molecule has 2 rings (SSSR count). The second-order valence-electron chi connectivity index (χ2n) is 2.98. The Morgan fingerprint density at radius 3 is 2.92 bits per heavy atom. The van der Waals surface area contributed by atoms with Crippen molar-refractivity contribution >= 4 is 35.9 Å². The van der Waals surface area contributed by atoms with E-state index in [1.54, 1.807) is 0 Å². The number of halogens is 1. The molecular formula is C10H11ClNSe+. The van der Waals surface area contributed by atoms with Crippen LogP contribution in [-0.2, 0) is 6.54 Å². The van der Waals surface area contributed by atoms with Gasteiger partial charge in [-0.25, -0.2) is 0 Å². The summed E-state index contributed by atoms with van der Waals surface area (Å²) in [5, 5.41) is 0.836. The van der Waals surface area contributed by atoms with E-state index in [9.17, 15) is 0 Å². The van der Waals surface area contributed by atoms with Gasteiger partial charge >= 0.3 is 88.6 Å². The number of aromatic nitrogens is 1. The molecule has 0 aliphatic carbocycles. The second kappa shape index (κ2) is 3.45. The zero-order valence-corrected chi connectivity index (χ0v) is 10.1. The van der Waals surface area contributed by atoms with Gasteiger partial charge in [0.05, 0.1) is 0 Å². The Kier molecular flexibility index (Phi) is 2.46. The summed E-state index contributed by atoms with van der Waals surface area (Å²) in [6.07, 6.45) is 0. The summed E-state index contributed by atoms with van der Waals surface area (Å²) in [6, 6.07) is 6.20. The van der Waals surface area contributed by atoms with E-state index in [4.69, 9.17) is 11.6 Å². The maximum atomic E-state index is 5.96. The molecule has 0 aliphatic rings. The zero-order chi connectivity index (χ0) is 9.42. The molecule has 0 amide bonds. The van der Waals surface area contributed by atoms with Gasteiger partial charge in [0, 0.05) is 0 Å². The van der Waals surface area contributed by atoms with Crippen LogP contribution in [0.15, 0.2) is 18.2 Å². The van der Waals surface area contributed by atoms with Crippen LogP contribution in [0.5, 0.6) is 0 Å². The summed E-state index contributed by atoms with van der Waals surface area (Å²) in [5.74, 6) is 0. The van der Waals surface area contributed by atoms with Crippen LogP contribution in [0.3, 0.4) is 0 Å². The van der Waals surface area contributed by atoms with E-state index in [0.717, 1.165) is 11.6 Å². The molecule has 0 bridgehead atoms. The minimum atomic E-state index is 0.510. The number of nitrogens with zero attached hydrogens (tertiary/aromatic N) is 1. The Morgan fingerprint density at radius 1 is 1.46 bits per heavy atom. The summed E-state index contributed by atoms with van der Waals surface area (Å²) < 4.78 is 5.28. The topological polar surface area (TPSA) is 3.88 Å². The third kappa shape index (κ3) is 1.54. The molecule has 0 saturated carbocycles. The molecule has 1 aromatic heterocycles. The fourth-order valence-electron chi connectivity index (χ4n) is 1.56. The van der Waals surface area contributed by atoms with Gasteiger partial charge in [-0.15, -0.1) is 0 Å². The van der Waals surface area contributed by atoms with Gasteiger partial charge in [0.2, 0.25) is 0 Å². The molecule has 13 heavy (non-hydrogen) atoms. The van der Waals surface area contributed by atoms with Crippen LogP contribution < -0.4 is 4.57 Å². The van der Waals surface area contributed by atoms with Crippen molar-refractivity contribution in [3.05, 3.63) is 27.8 Å². The number of hydrogen-bond acceptors (Lipinski definition) is 0. The quantitative estimate of drug-likeness (QED) is 0.546. The normalized spacial score (nSPS) is 11.0. The minimum absolute atomic E-state index is 0.510. The molecule has 1 aromatic carbocycles. The summed E-state index contributed by atoms with van der Waals surface area (Å²) >= 11 is 6.47. The summed E-state index contributed by atoms with van der Waals surface area (Å²) in [5.41, 5.74) is 1.31. The van der Waals surface area contributed by atoms with E-state index in [1.165, 1.54) is 14.3 Å². The molecular weight excluding hydrogens is 249 g/mol. The van der Waals surface area contributed by atoms with E-state index in [0.29, 0.717) is 14.5 Å². The van der Waals surface area contributed by atoms with Crippen molar-refractivity contribution in [2.75, 3.05) is 0 Å². The predicted octanol–water partition coefficient (Wildman–Crippen LogP) is 2.17. The van der Waals surface area contributed by atoms with E-state index < -0.39 is 0 Å². The maximum absolute atomic E-state index is 5.96. The fourth-order valence-corrected chi connectivity index (χ4v) is 3.97. The van der Waals surface area contributed by atoms with Crippen LogP contribution in [0.4, 0.5) is 0 Å². The number of fused-ring (bicyclic) bond motifs is 1. The Bertz CT molecular complexity index is 447. The summed E-state index contributed by atoms with van der Waals surface area (Å²) in [6.45, 7) is 5.42. The average molecular weight is 260 g/mol. The number of rotatable bonds is 1. The molecule has 0 N–H and O–H groups in total. The third-order valence-electron chi connectivity index (χ3n) is 2.17. The van der Waals surface area contributed by atoms with Gasteiger partial charge in [-0.3, -0.25) is 0 Å². The van der Waals surface area contributed by atoms with Crippen molar-refractivity contribution in [2.45, 2.75) is 20.4 Å². The van der Waals surface area contributed by atoms with Crippen LogP contribution in [0, 0.1) is 6.92 Å². The van der Waals surface area contributed by atoms with Crippen LogP contribution >= 0.6 is 11.6 Å². The summed E-state index contributed by atoms with van der Waals surface area (Å²) in [7, 11) is 0. The van der Waals surface area contributed by atoms with Crippen LogP contribution in [0.25, 0.3) is 9.78 Å². The van der Waals surface area contributed by atoms with E-state index in [-0.39, 0.29) is 0 Å². The first-order valence-corrected chi connectivity index (χ1v) is 6.40. The second-order valence-corrected chi connectivity index (χ2v) is 6.00. The van der Waals surface area contributed by atoms with Gasteiger partial charge in [-0.1, -0.05) is 0 Å². The average Bonchev–Trinajstić information content (AvgIpc) is 2.40. The van der Waals surface area contributed by atoms with Crippen molar-refractivity contribution in [1.29, 1.82) is 0 Å². The first-order chi connectivity index (χ1) is 6.22. The molecule has 0 saturated heterocycles. The van der Waals surface area contributed by atoms with Gasteiger partial charge in [0.15, 0.2) is 0 Å². The fraction of sp³-hybridized carbons (Fsp3) is 0.300. The Labute approximate surface area is 88.7 Å². The first-order valence-electron chi connectivity index (χ1n) is 4.31. The monoisotopic (exact) mass is 260 g/mol. The van der Waals surface area contributed by atoms with Crippen molar-refractivity contribution in [1.82, 2.24) is 0 Å². The van der Waals surface area contributed by atoms with E-state index in [1.807, 2.05) is 6.07 Å². The molecule has 1 heterocycles. The molecule has 0 unspecified atom stereocenters. The van der Waals surface area contributed by atoms with Crippen LogP contribution in [0.1, 0.15) is 11.5 Å². The third-order valence-corrected chi connectivity index (χ3v) is 4.67. The number of hydrogen-bond donors (Lipinski definition) is 0. The predicted molar refractivity (Wildman–Crippen MR) is 56.5 cm³/mol. The molecule has 0 atom stereocenters. The zero-order valence-electron chi connectivity index (χ0n) is 7.67. The molecule has 0 spiro atoms. The molecule has 0 fully saturated rings. The first kappa shape index (κ1) is 9.26. The molecule has 2 aromatic rings. The van der Waals surface area contributed by atoms with Crippen molar-refractivity contribution < 1.29 is 4.57 Å². The molecule has 1 nitrogen and oxygen atoms in total. The molecule has 0 aliphatic heterocycles. The molecule has 3 heteroatoms. The van der Waals surface area contributed by atoms with Crippen LogP contribution in [-0.4, -0.2) is 14.5 Å².